The molecule has 0 bridgehead atoms. The van der Waals surface area contributed by atoms with E-state index in [0.29, 0.717) is 39.3 Å². The highest BCUT2D eigenvalue weighted by molar-refractivity contribution is 7.99. The molecule has 0 saturated carbocycles. The van der Waals surface area contributed by atoms with Crippen LogP contribution in [-0.4, -0.2) is 38.9 Å². The van der Waals surface area contributed by atoms with Crippen LogP contribution in [0.3, 0.4) is 0 Å². The van der Waals surface area contributed by atoms with Crippen molar-refractivity contribution < 1.29 is 28.4 Å². The van der Waals surface area contributed by atoms with Gasteiger partial charge in [-0.05, 0) is 62.2 Å². The van der Waals surface area contributed by atoms with Gasteiger partial charge in [0.15, 0.2) is 0 Å². The summed E-state index contributed by atoms with van der Waals surface area (Å²) in [6.07, 6.45) is 1.16. The van der Waals surface area contributed by atoms with Gasteiger partial charge >= 0.3 is 0 Å². The first-order chi connectivity index (χ1) is 15.5. The van der Waals surface area contributed by atoms with Crippen molar-refractivity contribution in [3.05, 3.63) is 59.4 Å². The van der Waals surface area contributed by atoms with Gasteiger partial charge in [-0.25, -0.2) is 9.23 Å². The van der Waals surface area contributed by atoms with Crippen molar-refractivity contribution >= 4 is 11.8 Å². The summed E-state index contributed by atoms with van der Waals surface area (Å²) < 4.78 is 25.8. The molecule has 0 spiro atoms. The fourth-order valence-electron chi connectivity index (χ4n) is 3.64. The molecule has 1 saturated heterocycles. The Bertz CT molecular complexity index is 839. The van der Waals surface area contributed by atoms with E-state index < -0.39 is 5.60 Å². The van der Waals surface area contributed by atoms with Crippen LogP contribution in [0, 0.1) is 5.82 Å². The van der Waals surface area contributed by atoms with E-state index in [4.69, 9.17) is 24.0 Å². The lowest BCUT2D eigenvalue weighted by Crippen LogP contribution is -2.35. The molecule has 0 radical (unpaired) electrons. The summed E-state index contributed by atoms with van der Waals surface area (Å²) in [7, 11) is 1.68. The molecule has 32 heavy (non-hydrogen) atoms. The lowest BCUT2D eigenvalue weighted by atomic mass is 9.86. The summed E-state index contributed by atoms with van der Waals surface area (Å²) >= 11 is 1.51. The van der Waals surface area contributed by atoms with Gasteiger partial charge in [0.05, 0.1) is 24.2 Å². The van der Waals surface area contributed by atoms with Crippen LogP contribution in [0.5, 0.6) is 0 Å². The van der Waals surface area contributed by atoms with Gasteiger partial charge in [-0.3, -0.25) is 9.68 Å². The van der Waals surface area contributed by atoms with Gasteiger partial charge in [0, 0.05) is 43.0 Å². The third-order valence-corrected chi connectivity index (χ3v) is 6.37. The van der Waals surface area contributed by atoms with E-state index in [-0.39, 0.29) is 11.9 Å². The Hall–Kier alpha value is -1.52. The van der Waals surface area contributed by atoms with Gasteiger partial charge in [0.25, 0.3) is 0 Å². The Morgan fingerprint density at radius 1 is 1.03 bits per heavy atom. The summed E-state index contributed by atoms with van der Waals surface area (Å²) in [6.45, 7) is 7.74. The van der Waals surface area contributed by atoms with Gasteiger partial charge in [-0.15, -0.1) is 0 Å². The second-order valence-corrected chi connectivity index (χ2v) is 8.61. The number of halogens is 1. The maximum Gasteiger partial charge on any atom is 0.124 e. The summed E-state index contributed by atoms with van der Waals surface area (Å²) in [4.78, 5) is 18.1. The minimum absolute atomic E-state index is 0.261. The van der Waals surface area contributed by atoms with Crippen LogP contribution in [0.15, 0.2) is 52.3 Å². The number of rotatable bonds is 11. The van der Waals surface area contributed by atoms with Gasteiger partial charge in [0.2, 0.25) is 0 Å². The minimum Gasteiger partial charge on any atom is -0.381 e. The first-order valence-corrected chi connectivity index (χ1v) is 11.8. The zero-order valence-corrected chi connectivity index (χ0v) is 20.0. The maximum absolute atomic E-state index is 14.5. The van der Waals surface area contributed by atoms with Crippen LogP contribution in [0.1, 0.15) is 50.8 Å². The van der Waals surface area contributed by atoms with Crippen molar-refractivity contribution in [1.82, 2.24) is 5.39 Å². The van der Waals surface area contributed by atoms with Crippen LogP contribution >= 0.6 is 11.8 Å². The van der Waals surface area contributed by atoms with E-state index in [1.54, 1.807) is 19.2 Å². The van der Waals surface area contributed by atoms with Crippen molar-refractivity contribution in [3.63, 3.8) is 0 Å². The lowest BCUT2D eigenvalue weighted by Gasteiger charge is -2.36. The van der Waals surface area contributed by atoms with Gasteiger partial charge in [0.1, 0.15) is 11.9 Å². The zero-order valence-electron chi connectivity index (χ0n) is 19.1. The number of methoxy groups -OCH3 is 1. The average Bonchev–Trinajstić information content (AvgIpc) is 2.80. The molecule has 0 aromatic heterocycles. The Kier molecular flexibility index (Phi) is 9.48. The third kappa shape index (κ3) is 6.51. The van der Waals surface area contributed by atoms with Crippen molar-refractivity contribution in [2.75, 3.05) is 33.5 Å². The molecule has 1 fully saturated rings. The first kappa shape index (κ1) is 25.1. The highest BCUT2D eigenvalue weighted by Crippen LogP contribution is 2.39. The molecule has 1 atom stereocenters. The van der Waals surface area contributed by atoms with Crippen LogP contribution < -0.4 is 0 Å². The van der Waals surface area contributed by atoms with E-state index in [1.807, 2.05) is 51.1 Å². The van der Waals surface area contributed by atoms with Crippen LogP contribution in [0.2, 0.25) is 0 Å². The molecule has 6 nitrogen and oxygen atoms in total. The Morgan fingerprint density at radius 3 is 2.28 bits per heavy atom. The van der Waals surface area contributed by atoms with E-state index in [9.17, 15) is 4.39 Å². The summed E-state index contributed by atoms with van der Waals surface area (Å²) in [5.41, 5.74) is 1.33. The molecule has 1 unspecified atom stereocenters. The van der Waals surface area contributed by atoms with E-state index in [0.717, 1.165) is 26.3 Å². The molecule has 0 N–H and O–H groups in total. The molecular weight excluding hydrogens is 433 g/mol. The van der Waals surface area contributed by atoms with Crippen molar-refractivity contribution in [2.45, 2.75) is 55.1 Å². The molecule has 1 heterocycles. The summed E-state index contributed by atoms with van der Waals surface area (Å²) in [6, 6.07) is 13.1. The van der Waals surface area contributed by atoms with Gasteiger partial charge in [-0.2, -0.15) is 0 Å². The molecule has 1 aliphatic rings. The molecule has 2 aromatic carbocycles. The fraction of sp³-hybridized carbons (Fsp3) is 0.500. The van der Waals surface area contributed by atoms with Crippen molar-refractivity contribution in [2.24, 2.45) is 0 Å². The fourth-order valence-corrected chi connectivity index (χ4v) is 4.54. The van der Waals surface area contributed by atoms with Crippen LogP contribution in [0.25, 0.3) is 0 Å². The van der Waals surface area contributed by atoms with Gasteiger partial charge < -0.3 is 9.47 Å². The third-order valence-electron chi connectivity index (χ3n) is 5.39. The molecule has 8 heteroatoms. The van der Waals surface area contributed by atoms with Crippen molar-refractivity contribution in [3.8, 4) is 0 Å². The van der Waals surface area contributed by atoms with E-state index in [2.05, 4.69) is 0 Å². The predicted molar refractivity (Wildman–Crippen MR) is 120 cm³/mol. The van der Waals surface area contributed by atoms with E-state index >= 15 is 0 Å². The Morgan fingerprint density at radius 2 is 1.69 bits per heavy atom. The van der Waals surface area contributed by atoms with Gasteiger partial charge in [-0.1, -0.05) is 23.9 Å². The molecule has 0 amide bonds. The first-order valence-electron chi connectivity index (χ1n) is 10.9. The molecule has 1 aliphatic heterocycles. The second kappa shape index (κ2) is 12.1. The normalized spacial score (nSPS) is 16.9. The molecule has 0 aliphatic carbocycles. The average molecular weight is 466 g/mol. The number of hydrogen-bond acceptors (Lipinski definition) is 7. The number of hydrogen-bond donors (Lipinski definition) is 0. The zero-order chi connectivity index (χ0) is 23.0. The smallest absolute Gasteiger partial charge is 0.124 e. The van der Waals surface area contributed by atoms with Crippen molar-refractivity contribution in [1.29, 1.82) is 0 Å². The monoisotopic (exact) mass is 465 g/mol. The number of nitrogens with zero attached hydrogens (tertiary/aromatic N) is 1. The Balaban J connectivity index is 1.70. The highest BCUT2D eigenvalue weighted by atomic mass is 32.2. The number of benzene rings is 2. The maximum atomic E-state index is 14.5. The van der Waals surface area contributed by atoms with Crippen LogP contribution in [-0.2, 0) is 29.6 Å². The molecule has 2 aromatic rings. The predicted octanol–water partition coefficient (Wildman–Crippen LogP) is 5.83. The molecular formula is C24H32FNO5S. The summed E-state index contributed by atoms with van der Waals surface area (Å²) in [5.74, 6) is -0.265. The molecule has 176 valence electrons. The topological polar surface area (TPSA) is 49.4 Å². The van der Waals surface area contributed by atoms with E-state index in [1.165, 1.54) is 11.8 Å². The Labute approximate surface area is 193 Å². The summed E-state index contributed by atoms with van der Waals surface area (Å²) in [5, 5.41) is 1.06. The van der Waals surface area contributed by atoms with Crippen LogP contribution in [0.4, 0.5) is 4.39 Å². The minimum atomic E-state index is -0.501. The standard InChI is InChI=1S/C24H32FNO5S/c1-5-29-26(30-6-2)31-18(3)19-7-9-22(10-8-19)32-23-16-20(15-21(25)17-23)24(27-4)11-13-28-14-12-24/h7-10,15-18H,5-6,11-14H2,1-4H3. The largest absolute Gasteiger partial charge is 0.381 e. The molecule has 3 rings (SSSR count). The highest BCUT2D eigenvalue weighted by Gasteiger charge is 2.35. The lowest BCUT2D eigenvalue weighted by molar-refractivity contribution is -0.535. The second-order valence-electron chi connectivity index (χ2n) is 7.46. The number of ether oxygens (including phenoxy) is 2. The SMILES string of the molecule is CCON(OCC)OC(C)c1ccc(Sc2cc(F)cc(C3(OC)CCOCC3)c2)cc1. The quantitative estimate of drug-likeness (QED) is 0.387.